The minimum absolute atomic E-state index is 0.193. The van der Waals surface area contributed by atoms with Gasteiger partial charge in [-0.25, -0.2) is 13.4 Å². The number of carbonyl (C=O) groups excluding carboxylic acids is 1. The number of aryl methyl sites for hydroxylation is 1. The molecule has 0 atom stereocenters. The second kappa shape index (κ2) is 9.94. The van der Waals surface area contributed by atoms with Gasteiger partial charge < -0.3 is 0 Å². The Hall–Kier alpha value is -2.88. The average molecular weight is 542 g/mol. The van der Waals surface area contributed by atoms with E-state index in [-0.39, 0.29) is 17.1 Å². The highest BCUT2D eigenvalue weighted by Gasteiger charge is 2.23. The highest BCUT2D eigenvalue weighted by Crippen LogP contribution is 2.30. The summed E-state index contributed by atoms with van der Waals surface area (Å²) in [4.78, 5) is 17.9. The van der Waals surface area contributed by atoms with Gasteiger partial charge in [0.1, 0.15) is 0 Å². The summed E-state index contributed by atoms with van der Waals surface area (Å²) in [5, 5.41) is 5.97. The molecule has 3 aromatic carbocycles. The van der Waals surface area contributed by atoms with Crippen molar-refractivity contribution in [1.82, 2.24) is 4.98 Å². The van der Waals surface area contributed by atoms with Crippen molar-refractivity contribution in [3.63, 3.8) is 0 Å². The van der Waals surface area contributed by atoms with Crippen molar-refractivity contribution in [2.24, 2.45) is 5.10 Å². The molecule has 0 unspecified atom stereocenters. The number of thiazole rings is 1. The standard InChI is InChI=1S/C24H20BrN3O3S2/c1-17-7-12-21-22(15-17)32-24(27-21)28(26-16-18-8-10-19(25)11-9-18)23(29)13-14-33(30,31)20-5-3-2-4-6-20/h2-12,15-16H,13-14H2,1H3/b26-16+. The summed E-state index contributed by atoms with van der Waals surface area (Å²) in [6.07, 6.45) is 1.34. The van der Waals surface area contributed by atoms with Crippen LogP contribution in [0.2, 0.25) is 0 Å². The molecule has 33 heavy (non-hydrogen) atoms. The Labute approximate surface area is 204 Å². The van der Waals surface area contributed by atoms with E-state index >= 15 is 0 Å². The van der Waals surface area contributed by atoms with Crippen LogP contribution >= 0.6 is 27.3 Å². The maximum absolute atomic E-state index is 13.1. The smallest absolute Gasteiger partial charge is 0.250 e. The van der Waals surface area contributed by atoms with Crippen LogP contribution in [-0.4, -0.2) is 31.3 Å². The Kier molecular flexibility index (Phi) is 7.02. The van der Waals surface area contributed by atoms with Crippen LogP contribution < -0.4 is 5.01 Å². The third-order valence-electron chi connectivity index (χ3n) is 4.83. The second-order valence-electron chi connectivity index (χ2n) is 7.35. The molecule has 4 rings (SSSR count). The first-order chi connectivity index (χ1) is 15.8. The lowest BCUT2D eigenvalue weighted by atomic mass is 10.2. The van der Waals surface area contributed by atoms with Gasteiger partial charge in [0.15, 0.2) is 9.84 Å². The Morgan fingerprint density at radius 3 is 2.55 bits per heavy atom. The number of hydrogen-bond donors (Lipinski definition) is 0. The zero-order valence-corrected chi connectivity index (χ0v) is 20.9. The summed E-state index contributed by atoms with van der Waals surface area (Å²) in [6, 6.07) is 21.4. The molecule has 1 amide bonds. The number of rotatable bonds is 7. The molecule has 0 N–H and O–H groups in total. The molecule has 0 fully saturated rings. The first-order valence-corrected chi connectivity index (χ1v) is 13.4. The quantitative estimate of drug-likeness (QED) is 0.225. The first-order valence-electron chi connectivity index (χ1n) is 10.1. The van der Waals surface area contributed by atoms with Gasteiger partial charge in [0.2, 0.25) is 5.13 Å². The van der Waals surface area contributed by atoms with E-state index in [0.717, 1.165) is 25.8 Å². The number of sulfone groups is 1. The summed E-state index contributed by atoms with van der Waals surface area (Å²) < 4.78 is 27.2. The number of nitrogens with zero attached hydrogens (tertiary/aromatic N) is 3. The van der Waals surface area contributed by atoms with Gasteiger partial charge in [0.05, 0.1) is 27.1 Å². The molecule has 9 heteroatoms. The molecular formula is C24H20BrN3O3S2. The van der Waals surface area contributed by atoms with Crippen LogP contribution in [0.3, 0.4) is 0 Å². The first kappa shape index (κ1) is 23.3. The highest BCUT2D eigenvalue weighted by atomic mass is 79.9. The average Bonchev–Trinajstić information content (AvgIpc) is 3.22. The lowest BCUT2D eigenvalue weighted by Gasteiger charge is -2.14. The van der Waals surface area contributed by atoms with E-state index in [0.29, 0.717) is 5.13 Å². The summed E-state index contributed by atoms with van der Waals surface area (Å²) in [7, 11) is -3.59. The van der Waals surface area contributed by atoms with E-state index in [9.17, 15) is 13.2 Å². The maximum Gasteiger partial charge on any atom is 0.250 e. The van der Waals surface area contributed by atoms with Crippen LogP contribution in [0.4, 0.5) is 5.13 Å². The van der Waals surface area contributed by atoms with E-state index in [4.69, 9.17) is 0 Å². The molecule has 0 spiro atoms. The summed E-state index contributed by atoms with van der Waals surface area (Å²) in [5.74, 6) is -0.761. The molecule has 1 heterocycles. The minimum atomic E-state index is -3.59. The Morgan fingerprint density at radius 1 is 1.09 bits per heavy atom. The van der Waals surface area contributed by atoms with Crippen LogP contribution in [0.25, 0.3) is 10.2 Å². The molecule has 0 radical (unpaired) electrons. The number of amides is 1. The van der Waals surface area contributed by atoms with Crippen molar-refractivity contribution in [3.05, 3.63) is 88.4 Å². The molecule has 1 aromatic heterocycles. The van der Waals surface area contributed by atoms with E-state index in [1.165, 1.54) is 28.5 Å². The van der Waals surface area contributed by atoms with Gasteiger partial charge in [-0.2, -0.15) is 10.1 Å². The van der Waals surface area contributed by atoms with E-state index in [2.05, 4.69) is 26.0 Å². The molecular weight excluding hydrogens is 522 g/mol. The number of fused-ring (bicyclic) bond motifs is 1. The van der Waals surface area contributed by atoms with Crippen molar-refractivity contribution in [2.75, 3.05) is 10.8 Å². The Balaban J connectivity index is 1.62. The van der Waals surface area contributed by atoms with Gasteiger partial charge in [-0.05, 0) is 54.4 Å². The maximum atomic E-state index is 13.1. The molecule has 0 saturated heterocycles. The highest BCUT2D eigenvalue weighted by molar-refractivity contribution is 9.10. The molecule has 0 aliphatic rings. The molecule has 0 saturated carbocycles. The number of aromatic nitrogens is 1. The number of hydrogen-bond acceptors (Lipinski definition) is 6. The fourth-order valence-corrected chi connectivity index (χ4v) is 5.63. The number of carbonyl (C=O) groups is 1. The predicted molar refractivity (Wildman–Crippen MR) is 137 cm³/mol. The van der Waals surface area contributed by atoms with Gasteiger partial charge in [-0.15, -0.1) is 0 Å². The predicted octanol–water partition coefficient (Wildman–Crippen LogP) is 5.60. The Morgan fingerprint density at radius 2 is 1.82 bits per heavy atom. The van der Waals surface area contributed by atoms with Crippen LogP contribution in [0, 0.1) is 6.92 Å². The third kappa shape index (κ3) is 5.73. The zero-order valence-electron chi connectivity index (χ0n) is 17.7. The molecule has 0 aliphatic heterocycles. The van der Waals surface area contributed by atoms with Crippen molar-refractivity contribution in [2.45, 2.75) is 18.2 Å². The SMILES string of the molecule is Cc1ccc2nc(N(/N=C/c3ccc(Br)cc3)C(=O)CCS(=O)(=O)c3ccccc3)sc2c1. The molecule has 4 aromatic rings. The van der Waals surface area contributed by atoms with Gasteiger partial charge in [-0.3, -0.25) is 4.79 Å². The van der Waals surface area contributed by atoms with Crippen LogP contribution in [0.15, 0.2) is 87.3 Å². The monoisotopic (exact) mass is 541 g/mol. The van der Waals surface area contributed by atoms with Gasteiger partial charge >= 0.3 is 0 Å². The fraction of sp³-hybridized carbons (Fsp3) is 0.125. The molecule has 0 aliphatic carbocycles. The summed E-state index contributed by atoms with van der Waals surface area (Å²) in [5.41, 5.74) is 2.64. The summed E-state index contributed by atoms with van der Waals surface area (Å²) in [6.45, 7) is 1.99. The number of hydrazone groups is 1. The molecule has 168 valence electrons. The fourth-order valence-electron chi connectivity index (χ4n) is 3.08. The normalized spacial score (nSPS) is 11.8. The third-order valence-corrected chi connectivity index (χ3v) is 8.08. The van der Waals surface area contributed by atoms with Gasteiger partial charge in [-0.1, -0.05) is 63.7 Å². The number of benzene rings is 3. The number of anilines is 1. The van der Waals surface area contributed by atoms with Crippen molar-refractivity contribution in [1.29, 1.82) is 0 Å². The lowest BCUT2D eigenvalue weighted by Crippen LogP contribution is -2.27. The van der Waals surface area contributed by atoms with Crippen molar-refractivity contribution >= 4 is 64.6 Å². The Bertz CT molecular complexity index is 1420. The van der Waals surface area contributed by atoms with Crippen LogP contribution in [-0.2, 0) is 14.6 Å². The second-order valence-corrected chi connectivity index (χ2v) is 11.4. The lowest BCUT2D eigenvalue weighted by molar-refractivity contribution is -0.118. The molecule has 0 bridgehead atoms. The van der Waals surface area contributed by atoms with Crippen molar-refractivity contribution < 1.29 is 13.2 Å². The van der Waals surface area contributed by atoms with E-state index in [1.54, 1.807) is 24.4 Å². The largest absolute Gasteiger partial charge is 0.272 e. The van der Waals surface area contributed by atoms with Crippen LogP contribution in [0.5, 0.6) is 0 Å². The van der Waals surface area contributed by atoms with Gasteiger partial charge in [0, 0.05) is 10.9 Å². The topological polar surface area (TPSA) is 79.7 Å². The van der Waals surface area contributed by atoms with Crippen molar-refractivity contribution in [3.8, 4) is 0 Å². The van der Waals surface area contributed by atoms with Crippen LogP contribution in [0.1, 0.15) is 17.5 Å². The van der Waals surface area contributed by atoms with Gasteiger partial charge in [0.25, 0.3) is 5.91 Å². The zero-order chi connectivity index (χ0) is 23.4. The summed E-state index contributed by atoms with van der Waals surface area (Å²) >= 11 is 4.73. The number of halogens is 1. The van der Waals surface area contributed by atoms with E-state index < -0.39 is 15.7 Å². The van der Waals surface area contributed by atoms with E-state index in [1.807, 2.05) is 49.4 Å². The molecule has 6 nitrogen and oxygen atoms in total. The minimum Gasteiger partial charge on any atom is -0.272 e.